The van der Waals surface area contributed by atoms with Crippen molar-refractivity contribution < 1.29 is 9.53 Å². The maximum absolute atomic E-state index is 13.1. The quantitative estimate of drug-likeness (QED) is 0.328. The van der Waals surface area contributed by atoms with Gasteiger partial charge in [0.05, 0.1) is 17.2 Å². The zero-order valence-corrected chi connectivity index (χ0v) is 18.1. The molecule has 0 radical (unpaired) electrons. The number of carbonyl (C=O) groups is 1. The van der Waals surface area contributed by atoms with Gasteiger partial charge in [0, 0.05) is 24.6 Å². The van der Waals surface area contributed by atoms with E-state index in [2.05, 4.69) is 11.9 Å². The largest absolute Gasteiger partial charge is 0.376 e. The zero-order valence-electron chi connectivity index (χ0n) is 16.5. The highest BCUT2D eigenvalue weighted by Gasteiger charge is 2.18. The number of amides is 1. The first kappa shape index (κ1) is 20.8. The molecule has 3 heterocycles. The number of benzene rings is 1. The molecule has 1 amide bonds. The summed E-state index contributed by atoms with van der Waals surface area (Å²) in [6.45, 7) is 5.39. The third-order valence-electron chi connectivity index (χ3n) is 4.87. The average molecular weight is 442 g/mol. The molecule has 1 N–H and O–H groups in total. The molecule has 156 valence electrons. The Labute approximate surface area is 183 Å². The predicted octanol–water partition coefficient (Wildman–Crippen LogP) is 3.70. The van der Waals surface area contributed by atoms with E-state index >= 15 is 0 Å². The monoisotopic (exact) mass is 441 g/mol. The maximum Gasteiger partial charge on any atom is 0.263 e. The minimum Gasteiger partial charge on any atom is -0.376 e. The van der Waals surface area contributed by atoms with Crippen molar-refractivity contribution in [3.8, 4) is 10.4 Å². The Kier molecular flexibility index (Phi) is 6.66. The number of thiophene rings is 1. The van der Waals surface area contributed by atoms with Crippen molar-refractivity contribution in [1.29, 1.82) is 0 Å². The van der Waals surface area contributed by atoms with E-state index in [1.54, 1.807) is 10.6 Å². The number of allylic oxidation sites excluding steroid dienone is 1. The molecular formula is C22H23N3O3S2. The molecule has 2 aromatic heterocycles. The second-order valence-corrected chi connectivity index (χ2v) is 9.00. The van der Waals surface area contributed by atoms with Gasteiger partial charge in [-0.3, -0.25) is 14.2 Å². The molecule has 3 aromatic rings. The Morgan fingerprint density at radius 1 is 1.40 bits per heavy atom. The van der Waals surface area contributed by atoms with Crippen molar-refractivity contribution >= 4 is 39.2 Å². The van der Waals surface area contributed by atoms with Crippen LogP contribution in [0, 0.1) is 0 Å². The molecule has 1 fully saturated rings. The molecule has 1 unspecified atom stereocenters. The van der Waals surface area contributed by atoms with Crippen LogP contribution in [0.5, 0.6) is 0 Å². The van der Waals surface area contributed by atoms with Crippen molar-refractivity contribution in [2.45, 2.75) is 30.6 Å². The summed E-state index contributed by atoms with van der Waals surface area (Å²) in [5.74, 6) is 0.102. The van der Waals surface area contributed by atoms with Crippen LogP contribution >= 0.6 is 23.1 Å². The van der Waals surface area contributed by atoms with Crippen LogP contribution in [0.4, 0.5) is 0 Å². The molecule has 0 saturated carbocycles. The molecule has 1 aromatic carbocycles. The van der Waals surface area contributed by atoms with Crippen LogP contribution in [0.2, 0.25) is 0 Å². The topological polar surface area (TPSA) is 73.2 Å². The number of nitrogens with zero attached hydrogens (tertiary/aromatic N) is 2. The maximum atomic E-state index is 13.1. The SMILES string of the molecule is C=CCn1c(SCC(=O)NCC2CCCO2)nc2sc(-c3ccccc3)cc2c1=O. The molecule has 1 atom stereocenters. The Morgan fingerprint density at radius 2 is 2.23 bits per heavy atom. The molecule has 0 aliphatic carbocycles. The minimum absolute atomic E-state index is 0.0915. The summed E-state index contributed by atoms with van der Waals surface area (Å²) in [4.78, 5) is 31.7. The Balaban J connectivity index is 1.55. The van der Waals surface area contributed by atoms with Crippen molar-refractivity contribution in [3.63, 3.8) is 0 Å². The average Bonchev–Trinajstić information content (AvgIpc) is 3.44. The number of aromatic nitrogens is 2. The number of carbonyl (C=O) groups excluding carboxylic acids is 1. The highest BCUT2D eigenvalue weighted by molar-refractivity contribution is 7.99. The number of fused-ring (bicyclic) bond motifs is 1. The number of ether oxygens (including phenoxy) is 1. The fourth-order valence-electron chi connectivity index (χ4n) is 3.36. The van der Waals surface area contributed by atoms with Gasteiger partial charge >= 0.3 is 0 Å². The summed E-state index contributed by atoms with van der Waals surface area (Å²) in [6.07, 6.45) is 3.79. The molecule has 1 aliphatic rings. The summed E-state index contributed by atoms with van der Waals surface area (Å²) in [7, 11) is 0. The lowest BCUT2D eigenvalue weighted by Crippen LogP contribution is -2.33. The number of hydrogen-bond donors (Lipinski definition) is 1. The molecule has 1 saturated heterocycles. The van der Waals surface area contributed by atoms with Crippen LogP contribution < -0.4 is 10.9 Å². The number of hydrogen-bond acceptors (Lipinski definition) is 6. The van der Waals surface area contributed by atoms with Crippen molar-refractivity contribution in [1.82, 2.24) is 14.9 Å². The molecule has 30 heavy (non-hydrogen) atoms. The van der Waals surface area contributed by atoms with Crippen molar-refractivity contribution in [3.05, 3.63) is 59.4 Å². The molecule has 0 bridgehead atoms. The Morgan fingerprint density at radius 3 is 2.97 bits per heavy atom. The van der Waals surface area contributed by atoms with Crippen molar-refractivity contribution in [2.75, 3.05) is 18.9 Å². The van der Waals surface area contributed by atoms with Crippen LogP contribution in [0.3, 0.4) is 0 Å². The van der Waals surface area contributed by atoms with E-state index in [0.717, 1.165) is 29.9 Å². The molecular weight excluding hydrogens is 418 g/mol. The second kappa shape index (κ2) is 9.59. The van der Waals surface area contributed by atoms with Crippen molar-refractivity contribution in [2.24, 2.45) is 0 Å². The Bertz CT molecular complexity index is 1100. The van der Waals surface area contributed by atoms with Gasteiger partial charge in [0.25, 0.3) is 5.56 Å². The van der Waals surface area contributed by atoms with Gasteiger partial charge in [-0.1, -0.05) is 48.2 Å². The van der Waals surface area contributed by atoms with Gasteiger partial charge in [0.2, 0.25) is 5.91 Å². The first-order chi connectivity index (χ1) is 14.7. The normalized spacial score (nSPS) is 16.1. The lowest BCUT2D eigenvalue weighted by Gasteiger charge is -2.12. The van der Waals surface area contributed by atoms with E-state index in [1.165, 1.54) is 23.1 Å². The van der Waals surface area contributed by atoms with E-state index in [1.807, 2.05) is 36.4 Å². The summed E-state index contributed by atoms with van der Waals surface area (Å²) in [5.41, 5.74) is 0.943. The van der Waals surface area contributed by atoms with Crippen LogP contribution in [0.25, 0.3) is 20.7 Å². The first-order valence-electron chi connectivity index (χ1n) is 9.87. The molecule has 4 rings (SSSR count). The van der Waals surface area contributed by atoms with E-state index in [9.17, 15) is 9.59 Å². The fraction of sp³-hybridized carbons (Fsp3) is 0.318. The second-order valence-electron chi connectivity index (χ2n) is 7.02. The van der Waals surface area contributed by atoms with Gasteiger partial charge in [-0.15, -0.1) is 17.9 Å². The molecule has 8 heteroatoms. The number of rotatable bonds is 8. The third kappa shape index (κ3) is 4.66. The van der Waals surface area contributed by atoms with Gasteiger partial charge in [0.1, 0.15) is 4.83 Å². The van der Waals surface area contributed by atoms with E-state index in [-0.39, 0.29) is 23.3 Å². The first-order valence-corrected chi connectivity index (χ1v) is 11.7. The summed E-state index contributed by atoms with van der Waals surface area (Å²) in [6, 6.07) is 11.8. The fourth-order valence-corrected chi connectivity index (χ4v) is 5.27. The van der Waals surface area contributed by atoms with Crippen LogP contribution in [0.1, 0.15) is 12.8 Å². The number of thioether (sulfide) groups is 1. The van der Waals surface area contributed by atoms with Gasteiger partial charge in [-0.25, -0.2) is 4.98 Å². The summed E-state index contributed by atoms with van der Waals surface area (Å²) in [5, 5.41) is 4.03. The van der Waals surface area contributed by atoms with Gasteiger partial charge in [0.15, 0.2) is 5.16 Å². The molecule has 0 spiro atoms. The Hall–Kier alpha value is -2.42. The highest BCUT2D eigenvalue weighted by Crippen LogP contribution is 2.32. The minimum atomic E-state index is -0.111. The zero-order chi connectivity index (χ0) is 20.9. The molecule has 1 aliphatic heterocycles. The van der Waals surface area contributed by atoms with Crippen LogP contribution in [-0.4, -0.2) is 40.5 Å². The van der Waals surface area contributed by atoms with E-state index in [4.69, 9.17) is 9.72 Å². The lowest BCUT2D eigenvalue weighted by molar-refractivity contribution is -0.119. The van der Waals surface area contributed by atoms with Crippen LogP contribution in [0.15, 0.2) is 59.0 Å². The van der Waals surface area contributed by atoms with Gasteiger partial charge in [-0.05, 0) is 24.5 Å². The van der Waals surface area contributed by atoms with E-state index < -0.39 is 0 Å². The van der Waals surface area contributed by atoms with E-state index in [0.29, 0.717) is 28.5 Å². The van der Waals surface area contributed by atoms with Gasteiger partial charge in [-0.2, -0.15) is 0 Å². The van der Waals surface area contributed by atoms with Crippen LogP contribution in [-0.2, 0) is 16.1 Å². The summed E-state index contributed by atoms with van der Waals surface area (Å²) >= 11 is 2.76. The highest BCUT2D eigenvalue weighted by atomic mass is 32.2. The number of nitrogens with one attached hydrogen (secondary N) is 1. The smallest absolute Gasteiger partial charge is 0.263 e. The predicted molar refractivity (Wildman–Crippen MR) is 122 cm³/mol. The lowest BCUT2D eigenvalue weighted by atomic mass is 10.2. The third-order valence-corrected chi connectivity index (χ3v) is 6.92. The molecule has 6 nitrogen and oxygen atoms in total. The standard InChI is InChI=1S/C22H23N3O3S2/c1-2-10-25-21(27)17-12-18(15-7-4-3-5-8-15)30-20(17)24-22(25)29-14-19(26)23-13-16-9-6-11-28-16/h2-5,7-8,12,16H,1,6,9-11,13-14H2,(H,23,26). The summed E-state index contributed by atoms with van der Waals surface area (Å²) < 4.78 is 7.11. The van der Waals surface area contributed by atoms with Gasteiger partial charge < -0.3 is 10.1 Å².